The van der Waals surface area contributed by atoms with Crippen molar-refractivity contribution < 1.29 is 18.8 Å². The summed E-state index contributed by atoms with van der Waals surface area (Å²) in [7, 11) is 0. The van der Waals surface area contributed by atoms with E-state index in [-0.39, 0.29) is 23.6 Å². The molecule has 0 aliphatic rings. The first-order valence-corrected chi connectivity index (χ1v) is 7.67. The zero-order valence-corrected chi connectivity index (χ0v) is 13.4. The fraction of sp³-hybridized carbons (Fsp3) is 0.167. The summed E-state index contributed by atoms with van der Waals surface area (Å²) in [6, 6.07) is 9.13. The van der Waals surface area contributed by atoms with Crippen LogP contribution in [0.25, 0.3) is 11.3 Å². The van der Waals surface area contributed by atoms with Crippen LogP contribution in [-0.2, 0) is 6.54 Å². The first kappa shape index (κ1) is 16.8. The molecular weight excluding hydrogens is 325 g/mol. The van der Waals surface area contributed by atoms with Crippen molar-refractivity contribution in [1.29, 1.82) is 0 Å². The Bertz CT molecular complexity index is 861. The van der Waals surface area contributed by atoms with Crippen molar-refractivity contribution in [2.45, 2.75) is 19.6 Å². The molecule has 1 amide bonds. The second kappa shape index (κ2) is 7.23. The van der Waals surface area contributed by atoms with E-state index in [2.05, 4.69) is 15.5 Å². The number of carbonyl (C=O) groups is 1. The number of amides is 1. The van der Waals surface area contributed by atoms with Gasteiger partial charge in [-0.3, -0.25) is 9.78 Å². The maximum Gasteiger partial charge on any atom is 0.257 e. The van der Waals surface area contributed by atoms with Crippen LogP contribution in [0.1, 0.15) is 34.7 Å². The van der Waals surface area contributed by atoms with Crippen molar-refractivity contribution in [2.24, 2.45) is 0 Å². The molecule has 3 aromatic rings. The number of hydrogen-bond acceptors (Lipinski definition) is 5. The number of aliphatic hydroxyl groups excluding tert-OH is 1. The number of pyridine rings is 1. The van der Waals surface area contributed by atoms with Crippen molar-refractivity contribution in [3.05, 3.63) is 71.5 Å². The van der Waals surface area contributed by atoms with Gasteiger partial charge in [-0.1, -0.05) is 11.2 Å². The summed E-state index contributed by atoms with van der Waals surface area (Å²) in [5.41, 5.74) is 1.72. The molecule has 2 N–H and O–H groups in total. The van der Waals surface area contributed by atoms with Gasteiger partial charge in [0.1, 0.15) is 23.2 Å². The molecule has 0 radical (unpaired) electrons. The number of halogens is 1. The zero-order chi connectivity index (χ0) is 17.8. The first-order chi connectivity index (χ1) is 12.1. The summed E-state index contributed by atoms with van der Waals surface area (Å²) in [5, 5.41) is 16.5. The highest BCUT2D eigenvalue weighted by molar-refractivity contribution is 6.00. The standard InChI is InChI=1S/C18H16FN3O3/c1-11(23)17-15(18(24)21-10-12-3-2-8-20-9-12)16(22-25-17)13-4-6-14(19)7-5-13/h2-9,11,23H,10H2,1H3,(H,21,24). The van der Waals surface area contributed by atoms with Gasteiger partial charge in [0.25, 0.3) is 5.91 Å². The van der Waals surface area contributed by atoms with Crippen LogP contribution in [0.15, 0.2) is 53.3 Å². The highest BCUT2D eigenvalue weighted by Gasteiger charge is 2.26. The molecule has 0 aliphatic heterocycles. The van der Waals surface area contributed by atoms with Crippen molar-refractivity contribution in [2.75, 3.05) is 0 Å². The Morgan fingerprint density at radius 1 is 1.32 bits per heavy atom. The highest BCUT2D eigenvalue weighted by Crippen LogP contribution is 2.29. The maximum atomic E-state index is 13.1. The summed E-state index contributed by atoms with van der Waals surface area (Å²) in [5.74, 6) is -0.783. The normalized spacial score (nSPS) is 12.0. The third-order valence-corrected chi connectivity index (χ3v) is 3.62. The highest BCUT2D eigenvalue weighted by atomic mass is 19.1. The molecule has 0 fully saturated rings. The van der Waals surface area contributed by atoms with Crippen LogP contribution in [0.3, 0.4) is 0 Å². The molecule has 1 aromatic carbocycles. The molecule has 3 rings (SSSR count). The van der Waals surface area contributed by atoms with Crippen molar-refractivity contribution >= 4 is 5.91 Å². The SMILES string of the molecule is CC(O)c1onc(-c2ccc(F)cc2)c1C(=O)NCc1cccnc1. The van der Waals surface area contributed by atoms with Crippen LogP contribution in [0.2, 0.25) is 0 Å². The van der Waals surface area contributed by atoms with Crippen LogP contribution < -0.4 is 5.32 Å². The van der Waals surface area contributed by atoms with Gasteiger partial charge in [0.05, 0.1) is 0 Å². The van der Waals surface area contributed by atoms with Crippen LogP contribution in [0.4, 0.5) is 4.39 Å². The van der Waals surface area contributed by atoms with Gasteiger partial charge in [-0.15, -0.1) is 0 Å². The van der Waals surface area contributed by atoms with Crippen molar-refractivity contribution in [3.63, 3.8) is 0 Å². The Balaban J connectivity index is 1.91. The molecule has 2 heterocycles. The largest absolute Gasteiger partial charge is 0.385 e. The molecule has 2 aromatic heterocycles. The smallest absolute Gasteiger partial charge is 0.257 e. The summed E-state index contributed by atoms with van der Waals surface area (Å²) in [4.78, 5) is 16.6. The van der Waals surface area contributed by atoms with Crippen LogP contribution in [0.5, 0.6) is 0 Å². The zero-order valence-electron chi connectivity index (χ0n) is 13.4. The Hall–Kier alpha value is -3.06. The monoisotopic (exact) mass is 341 g/mol. The third kappa shape index (κ3) is 3.72. The number of nitrogens with zero attached hydrogens (tertiary/aromatic N) is 2. The van der Waals surface area contributed by atoms with E-state index in [1.165, 1.54) is 31.2 Å². The van der Waals surface area contributed by atoms with E-state index < -0.39 is 17.8 Å². The number of carbonyl (C=O) groups excluding carboxylic acids is 1. The predicted octanol–water partition coefficient (Wildman–Crippen LogP) is 2.86. The fourth-order valence-corrected chi connectivity index (χ4v) is 2.39. The number of aromatic nitrogens is 2. The number of nitrogens with one attached hydrogen (secondary N) is 1. The molecule has 1 atom stereocenters. The minimum absolute atomic E-state index is 0.0583. The quantitative estimate of drug-likeness (QED) is 0.745. The van der Waals surface area contributed by atoms with Crippen LogP contribution >= 0.6 is 0 Å². The van der Waals surface area contributed by atoms with Crippen molar-refractivity contribution in [1.82, 2.24) is 15.5 Å². The van der Waals surface area contributed by atoms with Crippen LogP contribution in [0, 0.1) is 5.82 Å². The second-order valence-corrected chi connectivity index (χ2v) is 5.50. The number of aliphatic hydroxyl groups is 1. The first-order valence-electron chi connectivity index (χ1n) is 7.67. The minimum atomic E-state index is -1.01. The minimum Gasteiger partial charge on any atom is -0.385 e. The topological polar surface area (TPSA) is 88.2 Å². The van der Waals surface area contributed by atoms with Gasteiger partial charge >= 0.3 is 0 Å². The molecule has 7 heteroatoms. The fourth-order valence-electron chi connectivity index (χ4n) is 2.39. The summed E-state index contributed by atoms with van der Waals surface area (Å²) in [6.45, 7) is 1.74. The molecule has 25 heavy (non-hydrogen) atoms. The van der Waals surface area contributed by atoms with Crippen LogP contribution in [-0.4, -0.2) is 21.2 Å². The lowest BCUT2D eigenvalue weighted by Gasteiger charge is -2.08. The Morgan fingerprint density at radius 2 is 2.08 bits per heavy atom. The average Bonchev–Trinajstić information content (AvgIpc) is 3.06. The Morgan fingerprint density at radius 3 is 2.72 bits per heavy atom. The van der Waals surface area contributed by atoms with E-state index in [0.29, 0.717) is 5.56 Å². The van der Waals surface area contributed by atoms with Gasteiger partial charge in [-0.05, 0) is 42.8 Å². The summed E-state index contributed by atoms with van der Waals surface area (Å²) < 4.78 is 18.3. The van der Waals surface area contributed by atoms with E-state index in [1.807, 2.05) is 6.07 Å². The summed E-state index contributed by atoms with van der Waals surface area (Å²) >= 11 is 0. The molecule has 0 saturated carbocycles. The van der Waals surface area contributed by atoms with Gasteiger partial charge in [0, 0.05) is 24.5 Å². The molecule has 1 unspecified atom stereocenters. The summed E-state index contributed by atoms with van der Waals surface area (Å²) in [6.07, 6.45) is 2.27. The van der Waals surface area contributed by atoms with Gasteiger partial charge in [-0.25, -0.2) is 4.39 Å². The molecule has 0 saturated heterocycles. The Kier molecular flexibility index (Phi) is 4.85. The Labute approximate surface area is 143 Å². The number of benzene rings is 1. The van der Waals surface area contributed by atoms with E-state index in [0.717, 1.165) is 5.56 Å². The third-order valence-electron chi connectivity index (χ3n) is 3.62. The molecule has 0 bridgehead atoms. The molecule has 128 valence electrons. The van der Waals surface area contributed by atoms with Crippen molar-refractivity contribution in [3.8, 4) is 11.3 Å². The average molecular weight is 341 g/mol. The van der Waals surface area contributed by atoms with Gasteiger partial charge in [0.2, 0.25) is 0 Å². The maximum absolute atomic E-state index is 13.1. The lowest BCUT2D eigenvalue weighted by Crippen LogP contribution is -2.24. The number of rotatable bonds is 5. The lowest BCUT2D eigenvalue weighted by molar-refractivity contribution is 0.0938. The van der Waals surface area contributed by atoms with E-state index in [1.54, 1.807) is 18.5 Å². The predicted molar refractivity (Wildman–Crippen MR) is 87.9 cm³/mol. The molecular formula is C18H16FN3O3. The van der Waals surface area contributed by atoms with Gasteiger partial charge in [-0.2, -0.15) is 0 Å². The van der Waals surface area contributed by atoms with Gasteiger partial charge < -0.3 is 14.9 Å². The molecule has 0 aliphatic carbocycles. The second-order valence-electron chi connectivity index (χ2n) is 5.50. The van der Waals surface area contributed by atoms with Gasteiger partial charge in [0.15, 0.2) is 5.76 Å². The van der Waals surface area contributed by atoms with E-state index in [4.69, 9.17) is 4.52 Å². The lowest BCUT2D eigenvalue weighted by atomic mass is 10.0. The number of hydrogen-bond donors (Lipinski definition) is 2. The van der Waals surface area contributed by atoms with E-state index in [9.17, 15) is 14.3 Å². The molecule has 0 spiro atoms. The molecule has 6 nitrogen and oxygen atoms in total. The van der Waals surface area contributed by atoms with E-state index >= 15 is 0 Å².